The minimum atomic E-state index is -0.346. The summed E-state index contributed by atoms with van der Waals surface area (Å²) in [6.07, 6.45) is 0. The molecular weight excluding hydrogens is 267 g/mol. The lowest BCUT2D eigenvalue weighted by Gasteiger charge is -2.00. The summed E-state index contributed by atoms with van der Waals surface area (Å²) in [6, 6.07) is 5.32. The van der Waals surface area contributed by atoms with Crippen molar-refractivity contribution in [2.24, 2.45) is 0 Å². The first-order valence-corrected chi connectivity index (χ1v) is 5.14. The highest BCUT2D eigenvalue weighted by Crippen LogP contribution is 2.27. The Kier molecular flexibility index (Phi) is 2.37. The zero-order chi connectivity index (χ0) is 10.3. The lowest BCUT2D eigenvalue weighted by Crippen LogP contribution is -2.01. The quantitative estimate of drug-likeness (QED) is 0.688. The molecule has 0 radical (unpaired) electrons. The number of fused-ring (bicyclic) bond motifs is 1. The van der Waals surface area contributed by atoms with Gasteiger partial charge in [-0.1, -0.05) is 27.5 Å². The Morgan fingerprint density at radius 1 is 1.36 bits per heavy atom. The van der Waals surface area contributed by atoms with Crippen LogP contribution < -0.4 is 5.63 Å². The van der Waals surface area contributed by atoms with E-state index < -0.39 is 0 Å². The minimum absolute atomic E-state index is 0.346. The first-order chi connectivity index (χ1) is 6.58. The van der Waals surface area contributed by atoms with E-state index in [1.54, 1.807) is 19.1 Å². The topological polar surface area (TPSA) is 30.2 Å². The summed E-state index contributed by atoms with van der Waals surface area (Å²) in [7, 11) is 0. The third kappa shape index (κ3) is 1.57. The molecule has 0 aliphatic heterocycles. The van der Waals surface area contributed by atoms with Gasteiger partial charge in [0.25, 0.3) is 0 Å². The first-order valence-electron chi connectivity index (χ1n) is 3.97. The van der Waals surface area contributed by atoms with E-state index in [0.29, 0.717) is 16.2 Å². The van der Waals surface area contributed by atoms with Crippen molar-refractivity contribution in [1.29, 1.82) is 0 Å². The average molecular weight is 274 g/mol. The fourth-order valence-corrected chi connectivity index (χ4v) is 2.13. The molecule has 0 saturated carbocycles. The largest absolute Gasteiger partial charge is 0.421 e. The number of hydrogen-bond donors (Lipinski definition) is 0. The number of rotatable bonds is 0. The molecule has 0 aliphatic carbocycles. The molecule has 2 nitrogen and oxygen atoms in total. The van der Waals surface area contributed by atoms with E-state index in [-0.39, 0.29) is 5.63 Å². The van der Waals surface area contributed by atoms with Gasteiger partial charge in [-0.3, -0.25) is 0 Å². The van der Waals surface area contributed by atoms with Gasteiger partial charge in [0, 0.05) is 15.4 Å². The number of halogens is 2. The van der Waals surface area contributed by atoms with Crippen LogP contribution in [0, 0.1) is 6.92 Å². The van der Waals surface area contributed by atoms with Gasteiger partial charge in [0.1, 0.15) is 0 Å². The van der Waals surface area contributed by atoms with Gasteiger partial charge in [-0.25, -0.2) is 4.79 Å². The fraction of sp³-hybridized carbons (Fsp3) is 0.100. The van der Waals surface area contributed by atoms with Crippen molar-refractivity contribution in [3.8, 4) is 0 Å². The molecule has 1 heterocycles. The Hall–Kier alpha value is -0.800. The number of aryl methyl sites for hydroxylation is 1. The molecule has 0 amide bonds. The summed E-state index contributed by atoms with van der Waals surface area (Å²) in [5.41, 5.74) is 0.666. The average Bonchev–Trinajstić information content (AvgIpc) is 2.08. The van der Waals surface area contributed by atoms with E-state index in [4.69, 9.17) is 16.0 Å². The Labute approximate surface area is 93.6 Å². The van der Waals surface area contributed by atoms with Crippen LogP contribution in [0.25, 0.3) is 11.0 Å². The molecule has 0 atom stereocenters. The molecule has 4 heteroatoms. The molecular formula is C10H6BrClO2. The molecule has 0 bridgehead atoms. The van der Waals surface area contributed by atoms with Crippen LogP contribution in [-0.4, -0.2) is 0 Å². The SMILES string of the molecule is Cc1cc2cc(Br)cc(Cl)c2oc1=O. The fourth-order valence-electron chi connectivity index (χ4n) is 1.26. The summed E-state index contributed by atoms with van der Waals surface area (Å²) in [5.74, 6) is 0. The molecule has 0 aliphatic rings. The molecule has 72 valence electrons. The van der Waals surface area contributed by atoms with Crippen LogP contribution in [0.15, 0.2) is 31.9 Å². The highest BCUT2D eigenvalue weighted by Gasteiger charge is 2.06. The van der Waals surface area contributed by atoms with E-state index in [9.17, 15) is 4.79 Å². The van der Waals surface area contributed by atoms with Crippen molar-refractivity contribution in [3.05, 3.63) is 43.7 Å². The molecule has 1 aromatic heterocycles. The molecule has 2 rings (SSSR count). The number of benzene rings is 1. The summed E-state index contributed by atoms with van der Waals surface area (Å²) in [6.45, 7) is 1.71. The van der Waals surface area contributed by atoms with Crippen molar-refractivity contribution in [2.75, 3.05) is 0 Å². The second kappa shape index (κ2) is 3.41. The number of hydrogen-bond acceptors (Lipinski definition) is 2. The van der Waals surface area contributed by atoms with E-state index in [2.05, 4.69) is 15.9 Å². The normalized spacial score (nSPS) is 10.8. The Balaban J connectivity index is 2.96. The van der Waals surface area contributed by atoms with E-state index >= 15 is 0 Å². The molecule has 0 unspecified atom stereocenters. The smallest absolute Gasteiger partial charge is 0.339 e. The lowest BCUT2D eigenvalue weighted by molar-refractivity contribution is 0.555. The maximum absolute atomic E-state index is 11.2. The van der Waals surface area contributed by atoms with Gasteiger partial charge in [0.05, 0.1) is 5.02 Å². The molecule has 0 N–H and O–H groups in total. The van der Waals surface area contributed by atoms with Crippen LogP contribution >= 0.6 is 27.5 Å². The molecule has 0 saturated heterocycles. The van der Waals surface area contributed by atoms with Gasteiger partial charge in [0.15, 0.2) is 5.58 Å². The van der Waals surface area contributed by atoms with Gasteiger partial charge >= 0.3 is 5.63 Å². The molecule has 0 fully saturated rings. The van der Waals surface area contributed by atoms with Crippen molar-refractivity contribution >= 4 is 38.5 Å². The predicted octanol–water partition coefficient (Wildman–Crippen LogP) is 3.52. The van der Waals surface area contributed by atoms with Crippen molar-refractivity contribution < 1.29 is 4.42 Å². The molecule has 2 aromatic rings. The zero-order valence-corrected chi connectivity index (χ0v) is 9.65. The van der Waals surface area contributed by atoms with E-state index in [0.717, 1.165) is 9.86 Å². The van der Waals surface area contributed by atoms with Crippen LogP contribution in [0.4, 0.5) is 0 Å². The summed E-state index contributed by atoms with van der Waals surface area (Å²) < 4.78 is 5.93. The zero-order valence-electron chi connectivity index (χ0n) is 7.30. The Morgan fingerprint density at radius 3 is 2.79 bits per heavy atom. The van der Waals surface area contributed by atoms with Gasteiger partial charge in [-0.15, -0.1) is 0 Å². The standard InChI is InChI=1S/C10H6BrClO2/c1-5-2-6-3-7(11)4-8(12)9(6)14-10(5)13/h2-4H,1H3. The van der Waals surface area contributed by atoms with Crippen LogP contribution in [0.3, 0.4) is 0 Å². The first kappa shape index (κ1) is 9.74. The van der Waals surface area contributed by atoms with Gasteiger partial charge in [0.2, 0.25) is 0 Å². The van der Waals surface area contributed by atoms with Crippen LogP contribution in [0.1, 0.15) is 5.56 Å². The van der Waals surface area contributed by atoms with Crippen LogP contribution in [0.2, 0.25) is 5.02 Å². The van der Waals surface area contributed by atoms with Crippen LogP contribution in [0.5, 0.6) is 0 Å². The lowest BCUT2D eigenvalue weighted by atomic mass is 10.2. The van der Waals surface area contributed by atoms with Crippen LogP contribution in [-0.2, 0) is 0 Å². The molecule has 14 heavy (non-hydrogen) atoms. The van der Waals surface area contributed by atoms with E-state index in [1.807, 2.05) is 6.07 Å². The maximum Gasteiger partial charge on any atom is 0.339 e. The second-order valence-electron chi connectivity index (χ2n) is 3.02. The summed E-state index contributed by atoms with van der Waals surface area (Å²) >= 11 is 9.25. The van der Waals surface area contributed by atoms with Crippen molar-refractivity contribution in [2.45, 2.75) is 6.92 Å². The Bertz CT molecular complexity index is 560. The highest BCUT2D eigenvalue weighted by atomic mass is 79.9. The molecule has 1 aromatic carbocycles. The van der Waals surface area contributed by atoms with E-state index in [1.165, 1.54) is 0 Å². The predicted molar refractivity (Wildman–Crippen MR) is 59.9 cm³/mol. The third-order valence-electron chi connectivity index (χ3n) is 1.93. The third-order valence-corrected chi connectivity index (χ3v) is 2.66. The van der Waals surface area contributed by atoms with Gasteiger partial charge in [-0.2, -0.15) is 0 Å². The summed E-state index contributed by atoms with van der Waals surface area (Å²) in [4.78, 5) is 11.2. The van der Waals surface area contributed by atoms with Gasteiger partial charge in [-0.05, 0) is 25.1 Å². The highest BCUT2D eigenvalue weighted by molar-refractivity contribution is 9.10. The second-order valence-corrected chi connectivity index (χ2v) is 4.35. The summed E-state index contributed by atoms with van der Waals surface area (Å²) in [5, 5.41) is 1.26. The minimum Gasteiger partial charge on any atom is -0.421 e. The maximum atomic E-state index is 11.2. The van der Waals surface area contributed by atoms with Gasteiger partial charge < -0.3 is 4.42 Å². The monoisotopic (exact) mass is 272 g/mol. The van der Waals surface area contributed by atoms with Crippen molar-refractivity contribution in [1.82, 2.24) is 0 Å². The molecule has 0 spiro atoms. The van der Waals surface area contributed by atoms with Crippen molar-refractivity contribution in [3.63, 3.8) is 0 Å². The Morgan fingerprint density at radius 2 is 2.07 bits per heavy atom.